The van der Waals surface area contributed by atoms with E-state index >= 15 is 0 Å². The Bertz CT molecular complexity index is 1300. The maximum atomic E-state index is 13.2. The molecule has 0 radical (unpaired) electrons. The summed E-state index contributed by atoms with van der Waals surface area (Å²) in [5.74, 6) is 1.25. The molecule has 4 rings (SSSR count). The van der Waals surface area contributed by atoms with E-state index in [1.54, 1.807) is 24.4 Å². The summed E-state index contributed by atoms with van der Waals surface area (Å²) in [5, 5.41) is 0.682. The molecule has 11 heteroatoms. The number of methoxy groups -OCH3 is 1. The van der Waals surface area contributed by atoms with Crippen LogP contribution in [0.25, 0.3) is 0 Å². The van der Waals surface area contributed by atoms with Crippen molar-refractivity contribution in [3.05, 3.63) is 59.3 Å². The number of hydrogen-bond acceptors (Lipinski definition) is 7. The number of nitrogens with zero attached hydrogens (tertiary/aromatic N) is 6. The van der Waals surface area contributed by atoms with Crippen LogP contribution in [0.4, 0.5) is 4.79 Å². The molecular weight excluding hydrogens is 616 g/mol. The third kappa shape index (κ3) is 13.8. The van der Waals surface area contributed by atoms with Gasteiger partial charge in [-0.3, -0.25) is 14.7 Å². The lowest BCUT2D eigenvalue weighted by molar-refractivity contribution is -0.138. The number of piperazine rings is 1. The summed E-state index contributed by atoms with van der Waals surface area (Å²) >= 11 is 5.90. The number of rotatable bonds is 7. The van der Waals surface area contributed by atoms with Crippen LogP contribution in [0.15, 0.2) is 53.7 Å². The average molecular weight is 671 g/mol. The van der Waals surface area contributed by atoms with Gasteiger partial charge >= 0.3 is 6.09 Å². The van der Waals surface area contributed by atoms with Gasteiger partial charge in [0.05, 0.1) is 13.4 Å². The second-order valence-corrected chi connectivity index (χ2v) is 12.4. The number of ether oxygens (including phenoxy) is 2. The van der Waals surface area contributed by atoms with E-state index in [-0.39, 0.29) is 5.91 Å². The number of carbonyl (C=O) groups excluding carboxylic acids is 2. The third-order valence-corrected chi connectivity index (χ3v) is 7.61. The SMILES string of the molecule is C#C.CC.CC=N/C(=C\C)Cc1ccc(Cl)cc1OC.CN1CCN(C(=O)OC(C)(C)C)C(C(=O)N2CC[C@@H](Cn3ccnc3)C2)C1. The standard InChI is InChI=1S/C19H31N5O3.C13H16ClNO.C2H6.C2H2/c1-19(2,3)27-18(26)24-10-9-21(4)13-16(24)17(25)23-7-5-15(12-23)11-22-8-6-20-14-22;1-4-12(15-5-2)8-10-6-7-11(14)9-13(10)16-3;2*1-2/h6,8,14-16H,5,7,9-13H2,1-4H3;4-7,9H,8H2,1-3H3;1-2H3;1-2H/b;12-4-,15-5?;;/t15-,16?;;;/m0.../s1. The fourth-order valence-corrected chi connectivity index (χ4v) is 5.37. The topological polar surface area (TPSA) is 92.5 Å². The van der Waals surface area contributed by atoms with Crippen LogP contribution in [0, 0.1) is 18.8 Å². The molecule has 2 saturated heterocycles. The van der Waals surface area contributed by atoms with Crippen LogP contribution in [-0.4, -0.2) is 101 Å². The minimum absolute atomic E-state index is 0.0283. The molecule has 2 fully saturated rings. The Morgan fingerprint density at radius 1 is 1.13 bits per heavy atom. The number of carbonyl (C=O) groups is 2. The normalized spacial score (nSPS) is 18.3. The van der Waals surface area contributed by atoms with Gasteiger partial charge in [0.25, 0.3) is 0 Å². The number of likely N-dealkylation sites (tertiary alicyclic amines) is 1. The third-order valence-electron chi connectivity index (χ3n) is 7.37. The van der Waals surface area contributed by atoms with Crippen molar-refractivity contribution in [1.29, 1.82) is 0 Å². The fraction of sp³-hybridized carbons (Fsp3) is 0.556. The quantitative estimate of drug-likeness (QED) is 0.249. The molecule has 47 heavy (non-hydrogen) atoms. The first kappa shape index (κ1) is 41.2. The molecule has 3 heterocycles. The lowest BCUT2D eigenvalue weighted by atomic mass is 10.1. The van der Waals surface area contributed by atoms with Crippen molar-refractivity contribution in [3.63, 3.8) is 0 Å². The molecule has 0 bridgehead atoms. The number of likely N-dealkylation sites (N-methyl/N-ethyl adjacent to an activating group) is 1. The molecule has 10 nitrogen and oxygen atoms in total. The van der Waals surface area contributed by atoms with Gasteiger partial charge in [-0.25, -0.2) is 9.78 Å². The predicted molar refractivity (Wildman–Crippen MR) is 192 cm³/mol. The molecule has 0 spiro atoms. The van der Waals surface area contributed by atoms with Crippen LogP contribution in [0.3, 0.4) is 0 Å². The van der Waals surface area contributed by atoms with Crippen LogP contribution >= 0.6 is 11.6 Å². The highest BCUT2D eigenvalue weighted by atomic mass is 35.5. The summed E-state index contributed by atoms with van der Waals surface area (Å²) in [5.41, 5.74) is 1.53. The van der Waals surface area contributed by atoms with Gasteiger partial charge in [-0.2, -0.15) is 0 Å². The molecule has 2 aromatic rings. The number of aliphatic imine (C=N–C) groups is 1. The predicted octanol–water partition coefficient (Wildman–Crippen LogP) is 6.44. The first-order valence-electron chi connectivity index (χ1n) is 16.2. The molecule has 2 amide bonds. The molecule has 260 valence electrons. The van der Waals surface area contributed by atoms with E-state index in [4.69, 9.17) is 21.1 Å². The smallest absolute Gasteiger partial charge is 0.411 e. The van der Waals surface area contributed by atoms with Crippen LogP contribution in [0.2, 0.25) is 5.02 Å². The van der Waals surface area contributed by atoms with E-state index in [9.17, 15) is 9.59 Å². The first-order valence-corrected chi connectivity index (χ1v) is 16.5. The van der Waals surface area contributed by atoms with Crippen LogP contribution in [0.1, 0.15) is 60.5 Å². The van der Waals surface area contributed by atoms with Crippen molar-refractivity contribution in [1.82, 2.24) is 24.3 Å². The van der Waals surface area contributed by atoms with Gasteiger partial charge in [0.15, 0.2) is 0 Å². The number of aromatic nitrogens is 2. The maximum absolute atomic E-state index is 13.2. The largest absolute Gasteiger partial charge is 0.496 e. The van der Waals surface area contributed by atoms with E-state index in [0.717, 1.165) is 56.0 Å². The molecular formula is C36H55ClN6O4. The number of allylic oxidation sites excluding steroid dienone is 2. The summed E-state index contributed by atoms with van der Waals surface area (Å²) in [4.78, 5) is 39.8. The van der Waals surface area contributed by atoms with Crippen LogP contribution < -0.4 is 4.74 Å². The minimum Gasteiger partial charge on any atom is -0.496 e. The highest BCUT2D eigenvalue weighted by molar-refractivity contribution is 6.30. The molecule has 0 saturated carbocycles. The Morgan fingerprint density at radius 2 is 1.83 bits per heavy atom. The van der Waals surface area contributed by atoms with Crippen molar-refractivity contribution in [3.8, 4) is 18.6 Å². The van der Waals surface area contributed by atoms with Gasteiger partial charge < -0.3 is 23.8 Å². The van der Waals surface area contributed by atoms with Gasteiger partial charge in [-0.05, 0) is 66.1 Å². The van der Waals surface area contributed by atoms with Crippen molar-refractivity contribution in [2.75, 3.05) is 46.9 Å². The minimum atomic E-state index is -0.572. The van der Waals surface area contributed by atoms with E-state index < -0.39 is 17.7 Å². The molecule has 1 unspecified atom stereocenters. The average Bonchev–Trinajstić information content (AvgIpc) is 3.75. The summed E-state index contributed by atoms with van der Waals surface area (Å²) in [6.45, 7) is 17.5. The fourth-order valence-electron chi connectivity index (χ4n) is 5.20. The zero-order valence-electron chi connectivity index (χ0n) is 29.8. The van der Waals surface area contributed by atoms with Crippen molar-refractivity contribution < 1.29 is 19.1 Å². The van der Waals surface area contributed by atoms with E-state index in [1.165, 1.54) is 0 Å². The number of hydrogen-bond donors (Lipinski definition) is 0. The van der Waals surface area contributed by atoms with Gasteiger partial charge in [-0.15, -0.1) is 12.8 Å². The van der Waals surface area contributed by atoms with Crippen molar-refractivity contribution in [2.45, 2.75) is 79.5 Å². The van der Waals surface area contributed by atoms with Crippen molar-refractivity contribution in [2.24, 2.45) is 10.9 Å². The Kier molecular flexibility index (Phi) is 18.5. The lowest BCUT2D eigenvalue weighted by Crippen LogP contribution is -2.60. The van der Waals surface area contributed by atoms with E-state index in [2.05, 4.69) is 32.3 Å². The first-order chi connectivity index (χ1) is 22.4. The highest BCUT2D eigenvalue weighted by Crippen LogP contribution is 2.26. The molecule has 0 aliphatic carbocycles. The van der Waals surface area contributed by atoms with Crippen molar-refractivity contribution >= 4 is 29.8 Å². The second-order valence-electron chi connectivity index (χ2n) is 12.0. The zero-order chi connectivity index (χ0) is 35.6. The highest BCUT2D eigenvalue weighted by Gasteiger charge is 2.40. The van der Waals surface area contributed by atoms with Gasteiger partial charge in [0.2, 0.25) is 5.91 Å². The number of halogens is 1. The van der Waals surface area contributed by atoms with Gasteiger partial charge in [0, 0.05) is 80.6 Å². The maximum Gasteiger partial charge on any atom is 0.411 e. The summed E-state index contributed by atoms with van der Waals surface area (Å²) < 4.78 is 12.9. The summed E-state index contributed by atoms with van der Waals surface area (Å²) in [6, 6.07) is 5.17. The lowest BCUT2D eigenvalue weighted by Gasteiger charge is -2.40. The zero-order valence-corrected chi connectivity index (χ0v) is 30.5. The molecule has 1 aromatic carbocycles. The van der Waals surface area contributed by atoms with Gasteiger partial charge in [-0.1, -0.05) is 37.6 Å². The Morgan fingerprint density at radius 3 is 2.40 bits per heavy atom. The number of terminal acetylenes is 1. The Hall–Kier alpha value is -3.81. The Balaban J connectivity index is 0.000000472. The molecule has 1 aromatic heterocycles. The van der Waals surface area contributed by atoms with E-state index in [1.807, 2.05) is 97.2 Å². The number of amides is 2. The van der Waals surface area contributed by atoms with Gasteiger partial charge in [0.1, 0.15) is 17.4 Å². The monoisotopic (exact) mass is 670 g/mol. The molecule has 2 atom stereocenters. The number of imidazole rings is 1. The second kappa shape index (κ2) is 21.1. The summed E-state index contributed by atoms with van der Waals surface area (Å²) in [6.07, 6.45) is 18.6. The van der Waals surface area contributed by atoms with Crippen LogP contribution in [0.5, 0.6) is 5.75 Å². The molecule has 2 aliphatic heterocycles. The summed E-state index contributed by atoms with van der Waals surface area (Å²) in [7, 11) is 3.63. The molecule has 2 aliphatic rings. The van der Waals surface area contributed by atoms with Crippen LogP contribution in [-0.2, 0) is 22.5 Å². The number of benzene rings is 1. The molecule has 0 N–H and O–H groups in total. The Labute approximate surface area is 287 Å². The van der Waals surface area contributed by atoms with E-state index in [0.29, 0.717) is 24.0 Å².